The molecule has 2 nitrogen and oxygen atoms in total. The first-order chi connectivity index (χ1) is 16.2. The Balaban J connectivity index is 1.80. The number of hydrogen-bond acceptors (Lipinski definition) is 1. The molecular formula is C31H42NOSi+. The van der Waals surface area contributed by atoms with E-state index < -0.39 is 8.07 Å². The van der Waals surface area contributed by atoms with Crippen LogP contribution < -0.4 is 9.75 Å². The van der Waals surface area contributed by atoms with Gasteiger partial charge in [-0.25, -0.2) is 0 Å². The molecule has 1 aromatic carbocycles. The molecule has 2 unspecified atom stereocenters. The highest BCUT2D eigenvalue weighted by molar-refractivity contribution is 6.89. The van der Waals surface area contributed by atoms with Crippen LogP contribution in [0.5, 0.6) is 0 Å². The Kier molecular flexibility index (Phi) is 7.32. The molecule has 1 saturated carbocycles. The summed E-state index contributed by atoms with van der Waals surface area (Å²) in [6.07, 6.45) is 15.1. The van der Waals surface area contributed by atoms with Gasteiger partial charge in [0.05, 0.1) is 19.8 Å². The Morgan fingerprint density at radius 2 is 1.88 bits per heavy atom. The van der Waals surface area contributed by atoms with Crippen molar-refractivity contribution >= 4 is 13.3 Å². The molecule has 2 heterocycles. The number of aliphatic hydroxyl groups is 1. The largest absolute Gasteiger partial charge is 0.513 e. The normalized spacial score (nSPS) is 20.6. The minimum atomic E-state index is -1.52. The number of benzene rings is 1. The van der Waals surface area contributed by atoms with Gasteiger partial charge in [0.2, 0.25) is 5.69 Å². The quantitative estimate of drug-likeness (QED) is 0.139. The molecule has 1 aliphatic carbocycles. The zero-order valence-electron chi connectivity index (χ0n) is 21.6. The van der Waals surface area contributed by atoms with Crippen molar-refractivity contribution in [3.05, 3.63) is 84.3 Å². The van der Waals surface area contributed by atoms with E-state index in [0.29, 0.717) is 11.7 Å². The summed E-state index contributed by atoms with van der Waals surface area (Å²) < 4.78 is 2.53. The lowest BCUT2D eigenvalue weighted by Crippen LogP contribution is -2.53. The molecule has 1 aliphatic heterocycles. The van der Waals surface area contributed by atoms with Crippen LogP contribution in [0.25, 0.3) is 11.3 Å². The summed E-state index contributed by atoms with van der Waals surface area (Å²) in [6.45, 7) is 17.6. The van der Waals surface area contributed by atoms with Crippen LogP contribution in [0.15, 0.2) is 73.2 Å². The van der Waals surface area contributed by atoms with Gasteiger partial charge >= 0.3 is 0 Å². The van der Waals surface area contributed by atoms with Crippen molar-refractivity contribution in [3.63, 3.8) is 0 Å². The fourth-order valence-corrected chi connectivity index (χ4v) is 7.85. The molecule has 2 atom stereocenters. The molecule has 2 aromatic rings. The Bertz CT molecular complexity index is 1100. The van der Waals surface area contributed by atoms with Gasteiger partial charge in [0, 0.05) is 16.8 Å². The van der Waals surface area contributed by atoms with Crippen LogP contribution in [0.3, 0.4) is 0 Å². The summed E-state index contributed by atoms with van der Waals surface area (Å²) in [5.74, 6) is 1.50. The van der Waals surface area contributed by atoms with E-state index in [2.05, 4.69) is 80.0 Å². The maximum atomic E-state index is 9.66. The predicted octanol–water partition coefficient (Wildman–Crippen LogP) is 7.54. The number of allylic oxidation sites excluding steroid dienone is 4. The molecule has 4 rings (SSSR count). The maximum Gasteiger partial charge on any atom is 0.213 e. The Labute approximate surface area is 207 Å². The van der Waals surface area contributed by atoms with Crippen molar-refractivity contribution in [2.75, 3.05) is 0 Å². The van der Waals surface area contributed by atoms with E-state index in [9.17, 15) is 5.11 Å². The first-order valence-electron chi connectivity index (χ1n) is 13.0. The lowest BCUT2D eigenvalue weighted by Gasteiger charge is -2.31. The molecule has 0 saturated heterocycles. The van der Waals surface area contributed by atoms with Crippen molar-refractivity contribution in [2.24, 2.45) is 5.92 Å². The highest BCUT2D eigenvalue weighted by Crippen LogP contribution is 2.42. The Hall–Kier alpha value is -2.39. The first kappa shape index (κ1) is 24.7. The minimum absolute atomic E-state index is 0.215. The molecule has 34 heavy (non-hydrogen) atoms. The number of hydrogen-bond donors (Lipinski definition) is 1. The van der Waals surface area contributed by atoms with E-state index in [4.69, 9.17) is 0 Å². The molecule has 0 radical (unpaired) electrons. The molecule has 0 spiro atoms. The number of nitrogens with zero attached hydrogens (tertiary/aromatic N) is 1. The summed E-state index contributed by atoms with van der Waals surface area (Å²) >= 11 is 0. The fraction of sp³-hybridized carbons (Fsp3) is 0.452. The third kappa shape index (κ3) is 5.15. The zero-order chi connectivity index (χ0) is 24.5. The van der Waals surface area contributed by atoms with Crippen LogP contribution in [0.1, 0.15) is 68.5 Å². The van der Waals surface area contributed by atoms with Crippen LogP contribution >= 0.6 is 0 Å². The fourth-order valence-electron chi connectivity index (χ4n) is 6.19. The van der Waals surface area contributed by atoms with Crippen LogP contribution in [-0.4, -0.2) is 13.2 Å². The standard InChI is InChI=1S/C31H41NOSi/c1-7-29-28(17-16-22(2)18-23(3)33)26-14-10-11-15-27(26)30-20-25(19-24-12-8-9-13-24)31(21-32(29)30)34(4,5)6/h7,10-11,14-15,18,20-21,24,28-29H,1-2,8-9,12-13,16-17,19H2,3-6H3/p+1/b23-18+. The van der Waals surface area contributed by atoms with Gasteiger partial charge in [-0.15, -0.1) is 0 Å². The van der Waals surface area contributed by atoms with Gasteiger partial charge in [0.25, 0.3) is 0 Å². The van der Waals surface area contributed by atoms with E-state index in [1.165, 1.54) is 48.9 Å². The lowest BCUT2D eigenvalue weighted by molar-refractivity contribution is -0.706. The minimum Gasteiger partial charge on any atom is -0.513 e. The Morgan fingerprint density at radius 3 is 2.53 bits per heavy atom. The molecule has 180 valence electrons. The van der Waals surface area contributed by atoms with Crippen LogP contribution in [-0.2, 0) is 6.42 Å². The summed E-state index contributed by atoms with van der Waals surface area (Å²) in [7, 11) is -1.52. The number of aliphatic hydroxyl groups excluding tert-OH is 1. The molecular weight excluding hydrogens is 430 g/mol. The van der Waals surface area contributed by atoms with E-state index in [-0.39, 0.29) is 6.04 Å². The van der Waals surface area contributed by atoms with Crippen molar-refractivity contribution in [1.29, 1.82) is 0 Å². The topological polar surface area (TPSA) is 24.1 Å². The zero-order valence-corrected chi connectivity index (χ0v) is 22.6. The average molecular weight is 473 g/mol. The highest BCUT2D eigenvalue weighted by Gasteiger charge is 2.40. The van der Waals surface area contributed by atoms with E-state index in [0.717, 1.165) is 24.3 Å². The van der Waals surface area contributed by atoms with Gasteiger partial charge in [0.1, 0.15) is 0 Å². The second-order valence-corrected chi connectivity index (χ2v) is 16.6. The van der Waals surface area contributed by atoms with Gasteiger partial charge in [-0.05, 0) is 61.4 Å². The maximum absolute atomic E-state index is 9.66. The van der Waals surface area contributed by atoms with Crippen molar-refractivity contribution in [1.82, 2.24) is 0 Å². The second-order valence-electron chi connectivity index (χ2n) is 11.5. The van der Waals surface area contributed by atoms with Gasteiger partial charge in [-0.3, -0.25) is 0 Å². The summed E-state index contributed by atoms with van der Waals surface area (Å²) in [5, 5.41) is 11.3. The summed E-state index contributed by atoms with van der Waals surface area (Å²) in [5.41, 5.74) is 6.69. The average Bonchev–Trinajstić information content (AvgIpc) is 3.29. The monoisotopic (exact) mass is 472 g/mol. The van der Waals surface area contributed by atoms with Crippen LogP contribution in [0.2, 0.25) is 19.6 Å². The molecule has 0 amide bonds. The highest BCUT2D eigenvalue weighted by atomic mass is 28.3. The SMILES string of the molecule is C=CC1C(CCC(=C)/C=C(\C)O)c2ccccc2-c2cc(CC3CCCC3)c([Si](C)(C)C)c[n+]21. The van der Waals surface area contributed by atoms with Crippen LogP contribution in [0.4, 0.5) is 0 Å². The van der Waals surface area contributed by atoms with Crippen LogP contribution in [0, 0.1) is 5.92 Å². The number of aromatic nitrogens is 1. The van der Waals surface area contributed by atoms with E-state index in [1.807, 2.05) is 0 Å². The van der Waals surface area contributed by atoms with Crippen molar-refractivity contribution in [3.8, 4) is 11.3 Å². The van der Waals surface area contributed by atoms with E-state index >= 15 is 0 Å². The molecule has 1 fully saturated rings. The van der Waals surface area contributed by atoms with Gasteiger partial charge in [-0.1, -0.05) is 82.3 Å². The molecule has 1 aromatic heterocycles. The smallest absolute Gasteiger partial charge is 0.213 e. The van der Waals surface area contributed by atoms with Crippen molar-refractivity contribution in [2.45, 2.75) is 83.5 Å². The number of rotatable bonds is 8. The third-order valence-corrected chi connectivity index (χ3v) is 9.86. The number of fused-ring (bicyclic) bond motifs is 3. The molecule has 3 heteroatoms. The first-order valence-corrected chi connectivity index (χ1v) is 16.5. The summed E-state index contributed by atoms with van der Waals surface area (Å²) in [6, 6.07) is 11.7. The molecule has 0 bridgehead atoms. The van der Waals surface area contributed by atoms with Gasteiger partial charge < -0.3 is 5.11 Å². The number of pyridine rings is 1. The Morgan fingerprint density at radius 1 is 1.18 bits per heavy atom. The molecule has 1 N–H and O–H groups in total. The predicted molar refractivity (Wildman–Crippen MR) is 147 cm³/mol. The third-order valence-electron chi connectivity index (χ3n) is 7.80. The second kappa shape index (κ2) is 10.1. The van der Waals surface area contributed by atoms with Crippen molar-refractivity contribution < 1.29 is 9.67 Å². The molecule has 2 aliphatic rings. The summed E-state index contributed by atoms with van der Waals surface area (Å²) in [4.78, 5) is 0. The van der Waals surface area contributed by atoms with Gasteiger partial charge in [0.15, 0.2) is 12.2 Å². The van der Waals surface area contributed by atoms with E-state index in [1.54, 1.807) is 23.7 Å². The lowest BCUT2D eigenvalue weighted by atomic mass is 9.79. The van der Waals surface area contributed by atoms with Gasteiger partial charge in [-0.2, -0.15) is 4.57 Å².